The lowest BCUT2D eigenvalue weighted by Gasteiger charge is -2.33. The topological polar surface area (TPSA) is 63.1 Å². The van der Waals surface area contributed by atoms with Crippen LogP contribution in [0, 0.1) is 0 Å². The number of para-hydroxylation sites is 2. The van der Waals surface area contributed by atoms with E-state index in [2.05, 4.69) is 10.3 Å². The Morgan fingerprint density at radius 2 is 1.95 bits per heavy atom. The van der Waals surface area contributed by atoms with Gasteiger partial charge in [0.1, 0.15) is 25.9 Å². The highest BCUT2D eigenvalue weighted by Gasteiger charge is 2.45. The third kappa shape index (κ3) is 2.00. The van der Waals surface area contributed by atoms with Gasteiger partial charge >= 0.3 is 0 Å². The molecule has 5 nitrogen and oxygen atoms in total. The van der Waals surface area contributed by atoms with Crippen LogP contribution >= 0.6 is 0 Å². The lowest BCUT2D eigenvalue weighted by molar-refractivity contribution is 0.124. The Balaban J connectivity index is 1.84. The molecule has 3 rings (SSSR count). The smallest absolute Gasteiger partial charge is 0.189 e. The zero-order chi connectivity index (χ0) is 13.7. The molecule has 0 fully saturated rings. The summed E-state index contributed by atoms with van der Waals surface area (Å²) in [7, 11) is 16.8. The molecule has 2 atom stereocenters. The first kappa shape index (κ1) is 12.5. The Hall–Kier alpha value is -1.56. The number of aliphatic imine (C=N–C) groups is 1. The van der Waals surface area contributed by atoms with Crippen LogP contribution in [0.15, 0.2) is 29.3 Å². The van der Waals surface area contributed by atoms with E-state index in [9.17, 15) is 5.11 Å². The predicted octanol–water partition coefficient (Wildman–Crippen LogP) is -1.37. The molecule has 2 aliphatic rings. The van der Waals surface area contributed by atoms with Gasteiger partial charge in [0.05, 0.1) is 15.7 Å². The molecule has 0 aromatic heterocycles. The molecule has 0 saturated carbocycles. The van der Waals surface area contributed by atoms with E-state index in [-0.39, 0.29) is 12.4 Å². The minimum Gasteiger partial charge on any atom is -0.485 e. The van der Waals surface area contributed by atoms with E-state index in [1.54, 1.807) is 12.1 Å². The van der Waals surface area contributed by atoms with Gasteiger partial charge in [0, 0.05) is 5.34 Å². The number of benzene rings is 1. The number of ether oxygens (including phenoxy) is 2. The van der Waals surface area contributed by atoms with Crippen LogP contribution in [0.25, 0.3) is 0 Å². The second kappa shape index (κ2) is 3.97. The average Bonchev–Trinajstić information content (AvgIpc) is 2.58. The molecule has 19 heavy (non-hydrogen) atoms. The zero-order valence-electron chi connectivity index (χ0n) is 10.0. The van der Waals surface area contributed by atoms with Gasteiger partial charge in [0.25, 0.3) is 0 Å². The van der Waals surface area contributed by atoms with Crippen LogP contribution < -0.4 is 14.8 Å². The summed E-state index contributed by atoms with van der Waals surface area (Å²) in [4.78, 5) is 3.85. The van der Waals surface area contributed by atoms with E-state index in [1.165, 1.54) is 0 Å². The molecule has 0 bridgehead atoms. The van der Waals surface area contributed by atoms with Gasteiger partial charge in [-0.05, 0) is 12.1 Å². The van der Waals surface area contributed by atoms with Crippen LogP contribution in [-0.2, 0) is 0 Å². The molecule has 2 N–H and O–H groups in total. The molecule has 1 aromatic rings. The lowest BCUT2D eigenvalue weighted by atomic mass is 9.51. The molecule has 0 spiro atoms. The molecule has 0 saturated heterocycles. The number of hydrogen-bond donors (Lipinski definition) is 2. The van der Waals surface area contributed by atoms with Crippen molar-refractivity contribution >= 4 is 29.4 Å². The van der Waals surface area contributed by atoms with E-state index in [4.69, 9.17) is 33.0 Å². The van der Waals surface area contributed by atoms with Gasteiger partial charge < -0.3 is 19.9 Å². The van der Waals surface area contributed by atoms with Crippen molar-refractivity contribution in [2.45, 2.75) is 17.1 Å². The van der Waals surface area contributed by atoms with Crippen LogP contribution in [0.2, 0.25) is 0 Å². The Bertz CT molecular complexity index is 548. The molecular formula is C11H9B3N2O3. The Morgan fingerprint density at radius 1 is 1.26 bits per heavy atom. The van der Waals surface area contributed by atoms with Crippen molar-refractivity contribution in [3.8, 4) is 11.5 Å². The van der Waals surface area contributed by atoms with Crippen LogP contribution in [0.4, 0.5) is 0 Å². The van der Waals surface area contributed by atoms with Crippen molar-refractivity contribution in [2.75, 3.05) is 6.61 Å². The highest BCUT2D eigenvalue weighted by Crippen LogP contribution is 2.32. The molecule has 2 aliphatic heterocycles. The number of hydrogen-bond acceptors (Lipinski definition) is 5. The number of amidine groups is 1. The van der Waals surface area contributed by atoms with Crippen molar-refractivity contribution < 1.29 is 14.6 Å². The minimum atomic E-state index is -2.09. The first-order chi connectivity index (χ1) is 8.89. The van der Waals surface area contributed by atoms with Crippen molar-refractivity contribution in [3.05, 3.63) is 24.3 Å². The zero-order valence-corrected chi connectivity index (χ0v) is 10.0. The van der Waals surface area contributed by atoms with Gasteiger partial charge in [0.15, 0.2) is 17.6 Å². The number of fused-ring (bicyclic) bond motifs is 1. The van der Waals surface area contributed by atoms with E-state index in [0.717, 1.165) is 0 Å². The van der Waals surface area contributed by atoms with Gasteiger partial charge in [-0.2, -0.15) is 0 Å². The van der Waals surface area contributed by atoms with Gasteiger partial charge in [-0.25, -0.2) is 4.99 Å². The van der Waals surface area contributed by atoms with Gasteiger partial charge in [-0.15, -0.1) is 0 Å². The third-order valence-corrected chi connectivity index (χ3v) is 3.05. The summed E-state index contributed by atoms with van der Waals surface area (Å²) >= 11 is 0. The first-order valence-electron chi connectivity index (χ1n) is 5.74. The van der Waals surface area contributed by atoms with Gasteiger partial charge in [-0.3, -0.25) is 0 Å². The molecule has 8 heteroatoms. The molecule has 6 radical (unpaired) electrons. The normalized spacial score (nSPS) is 31.4. The maximum Gasteiger partial charge on any atom is 0.189 e. The SMILES string of the molecule is [B]C1(O)N=C(C2COc3ccccc3O2)NC1([B])[B]. The fraction of sp³-hybridized carbons (Fsp3) is 0.364. The third-order valence-electron chi connectivity index (χ3n) is 3.05. The fourth-order valence-electron chi connectivity index (χ4n) is 1.91. The maximum absolute atomic E-state index is 9.80. The maximum atomic E-state index is 9.80. The molecule has 2 unspecified atom stereocenters. The second-order valence-corrected chi connectivity index (χ2v) is 4.58. The van der Waals surface area contributed by atoms with Crippen LogP contribution in [0.3, 0.4) is 0 Å². The average molecular weight is 250 g/mol. The monoisotopic (exact) mass is 250 g/mol. The molecule has 2 heterocycles. The standard InChI is InChI=1S/C11H9B3N2O3/c12-10(13)11(14,17)16-9(15-10)8-5-18-6-3-1-2-4-7(6)19-8/h1-4,8,17H,5H2,(H,15,16). The van der Waals surface area contributed by atoms with E-state index >= 15 is 0 Å². The Labute approximate surface area is 114 Å². The molecule has 1 aromatic carbocycles. The molecule has 90 valence electrons. The number of rotatable bonds is 1. The number of nitrogens with zero attached hydrogens (tertiary/aromatic N) is 1. The first-order valence-corrected chi connectivity index (χ1v) is 5.74. The quantitative estimate of drug-likeness (QED) is 0.603. The van der Waals surface area contributed by atoms with Crippen LogP contribution in [0.5, 0.6) is 11.5 Å². The molecule has 0 amide bonds. The van der Waals surface area contributed by atoms with Crippen molar-refractivity contribution in [3.63, 3.8) is 0 Å². The lowest BCUT2D eigenvalue weighted by Crippen LogP contribution is -2.61. The van der Waals surface area contributed by atoms with E-state index in [0.29, 0.717) is 11.5 Å². The summed E-state index contributed by atoms with van der Waals surface area (Å²) in [5.41, 5.74) is -2.09. The number of aliphatic hydroxyl groups is 1. The van der Waals surface area contributed by atoms with Crippen molar-refractivity contribution in [1.82, 2.24) is 5.32 Å². The molecular weight excluding hydrogens is 241 g/mol. The Morgan fingerprint density at radius 3 is 2.58 bits per heavy atom. The van der Waals surface area contributed by atoms with Crippen LogP contribution in [-0.4, -0.2) is 58.2 Å². The van der Waals surface area contributed by atoms with Gasteiger partial charge in [-0.1, -0.05) is 12.1 Å². The predicted molar refractivity (Wildman–Crippen MR) is 71.9 cm³/mol. The van der Waals surface area contributed by atoms with Gasteiger partial charge in [0.2, 0.25) is 0 Å². The highest BCUT2D eigenvalue weighted by atomic mass is 16.6. The Kier molecular flexibility index (Phi) is 2.61. The summed E-state index contributed by atoms with van der Waals surface area (Å²) < 4.78 is 11.2. The summed E-state index contributed by atoms with van der Waals surface area (Å²) in [6, 6.07) is 7.23. The summed E-state index contributed by atoms with van der Waals surface area (Å²) in [5.74, 6) is 1.48. The summed E-state index contributed by atoms with van der Waals surface area (Å²) in [5, 5.41) is 10.7. The van der Waals surface area contributed by atoms with E-state index in [1.807, 2.05) is 12.1 Å². The van der Waals surface area contributed by atoms with Crippen molar-refractivity contribution in [2.24, 2.45) is 4.99 Å². The largest absolute Gasteiger partial charge is 0.485 e. The van der Waals surface area contributed by atoms with E-state index < -0.39 is 17.1 Å². The molecule has 0 aliphatic carbocycles. The second-order valence-electron chi connectivity index (χ2n) is 4.58. The number of nitrogens with one attached hydrogen (secondary N) is 1. The summed E-state index contributed by atoms with van der Waals surface area (Å²) in [6.07, 6.45) is -0.557. The fourth-order valence-corrected chi connectivity index (χ4v) is 1.91. The van der Waals surface area contributed by atoms with Crippen molar-refractivity contribution in [1.29, 1.82) is 0 Å². The highest BCUT2D eigenvalue weighted by molar-refractivity contribution is 6.47. The minimum absolute atomic E-state index is 0.217. The van der Waals surface area contributed by atoms with Crippen LogP contribution in [0.1, 0.15) is 0 Å². The summed E-state index contributed by atoms with van der Waals surface area (Å²) in [6.45, 7) is 0.217.